The lowest BCUT2D eigenvalue weighted by Gasteiger charge is -2.70. The van der Waals surface area contributed by atoms with Crippen LogP contribution in [0.5, 0.6) is 0 Å². The number of hydrogen-bond acceptors (Lipinski definition) is 3. The maximum atomic E-state index is 3.00. The predicted octanol–water partition coefficient (Wildman–Crippen LogP) is 3.16. The van der Waals surface area contributed by atoms with E-state index in [1.54, 1.807) is 19.3 Å². The minimum absolute atomic E-state index is 0.626. The molecule has 24 heavy (non-hydrogen) atoms. The Bertz CT molecular complexity index is 507. The Hall–Kier alpha value is -0.120. The van der Waals surface area contributed by atoms with Crippen molar-refractivity contribution in [3.05, 3.63) is 0 Å². The van der Waals surface area contributed by atoms with Crippen molar-refractivity contribution in [2.45, 2.75) is 82.3 Å². The van der Waals surface area contributed by atoms with Crippen LogP contribution in [0, 0.1) is 17.3 Å². The Labute approximate surface area is 147 Å². The summed E-state index contributed by atoms with van der Waals surface area (Å²) < 4.78 is 0. The largest absolute Gasteiger partial charge is 0.299 e. The van der Waals surface area contributed by atoms with Gasteiger partial charge in [-0.3, -0.25) is 14.7 Å². The van der Waals surface area contributed by atoms with Gasteiger partial charge in [-0.2, -0.15) is 0 Å². The second kappa shape index (κ2) is 5.44. The van der Waals surface area contributed by atoms with Gasteiger partial charge in [0.25, 0.3) is 0 Å². The lowest BCUT2D eigenvalue weighted by molar-refractivity contribution is -0.215. The fourth-order valence-electron chi connectivity index (χ4n) is 8.53. The maximum absolute atomic E-state index is 3.00. The standard InChI is InChI=1S/C21H35N3/c1-3-9-22-14-21-13-17(18(22)7-1)12-16-6-5-11-24(20(16)21)15-23-10-4-2-8-19(21)23/h16-20H,1-15H2/t16-,17-,18+,19-,20-,21+/m0/s1. The number of nitrogens with zero attached hydrogens (tertiary/aromatic N) is 3. The van der Waals surface area contributed by atoms with E-state index >= 15 is 0 Å². The van der Waals surface area contributed by atoms with Crippen LogP contribution in [-0.2, 0) is 0 Å². The zero-order chi connectivity index (χ0) is 15.7. The van der Waals surface area contributed by atoms with Crippen LogP contribution in [0.4, 0.5) is 0 Å². The summed E-state index contributed by atoms with van der Waals surface area (Å²) in [4.78, 5) is 8.91. The van der Waals surface area contributed by atoms with Crippen molar-refractivity contribution in [1.29, 1.82) is 0 Å². The van der Waals surface area contributed by atoms with Crippen LogP contribution in [0.25, 0.3) is 0 Å². The zero-order valence-corrected chi connectivity index (χ0v) is 15.3. The van der Waals surface area contributed by atoms with Crippen LogP contribution in [-0.4, -0.2) is 65.7 Å². The van der Waals surface area contributed by atoms with Gasteiger partial charge in [0.1, 0.15) is 0 Å². The van der Waals surface area contributed by atoms with Gasteiger partial charge in [-0.15, -0.1) is 0 Å². The molecule has 0 aromatic rings. The van der Waals surface area contributed by atoms with Crippen molar-refractivity contribution >= 4 is 0 Å². The summed E-state index contributed by atoms with van der Waals surface area (Å²) in [6.07, 6.45) is 15.1. The van der Waals surface area contributed by atoms with Crippen LogP contribution >= 0.6 is 0 Å². The van der Waals surface area contributed by atoms with E-state index in [2.05, 4.69) is 14.7 Å². The van der Waals surface area contributed by atoms with Crippen molar-refractivity contribution in [2.24, 2.45) is 17.3 Å². The Morgan fingerprint density at radius 1 is 0.708 bits per heavy atom. The van der Waals surface area contributed by atoms with Crippen molar-refractivity contribution in [3.63, 3.8) is 0 Å². The third-order valence-electron chi connectivity index (χ3n) is 9.04. The van der Waals surface area contributed by atoms with Crippen LogP contribution in [0.1, 0.15) is 64.2 Å². The fourth-order valence-corrected chi connectivity index (χ4v) is 8.53. The summed E-state index contributed by atoms with van der Waals surface area (Å²) in [5.74, 6) is 2.06. The molecule has 0 aromatic heterocycles. The van der Waals surface area contributed by atoms with E-state index in [1.807, 2.05) is 0 Å². The second-order valence-corrected chi connectivity index (χ2v) is 10.1. The monoisotopic (exact) mass is 329 g/mol. The molecule has 6 fully saturated rings. The number of rotatable bonds is 0. The molecule has 1 spiro atoms. The van der Waals surface area contributed by atoms with Crippen LogP contribution in [0.15, 0.2) is 0 Å². The van der Waals surface area contributed by atoms with E-state index in [-0.39, 0.29) is 0 Å². The maximum Gasteiger partial charge on any atom is 0.0512 e. The molecule has 0 N–H and O–H groups in total. The molecule has 0 unspecified atom stereocenters. The molecule has 5 aliphatic heterocycles. The molecule has 2 bridgehead atoms. The van der Waals surface area contributed by atoms with Gasteiger partial charge in [0, 0.05) is 30.1 Å². The van der Waals surface area contributed by atoms with Crippen LogP contribution in [0.3, 0.4) is 0 Å². The molecule has 6 rings (SSSR count). The molecule has 1 saturated carbocycles. The van der Waals surface area contributed by atoms with Gasteiger partial charge in [-0.05, 0) is 82.8 Å². The Balaban J connectivity index is 1.43. The number of piperidine rings is 4. The molecule has 0 amide bonds. The molecule has 1 aliphatic carbocycles. The van der Waals surface area contributed by atoms with Gasteiger partial charge in [0.2, 0.25) is 0 Å². The van der Waals surface area contributed by atoms with E-state index in [4.69, 9.17) is 0 Å². The van der Waals surface area contributed by atoms with Crippen LogP contribution < -0.4 is 0 Å². The SMILES string of the molecule is C1CCN2C[C@]34C[C@H](C[C@@H]5CCCN(CN6CCCC[C@H]63)[C@@H]54)[C@H]2C1. The van der Waals surface area contributed by atoms with E-state index in [9.17, 15) is 0 Å². The summed E-state index contributed by atoms with van der Waals surface area (Å²) in [5.41, 5.74) is 0.626. The van der Waals surface area contributed by atoms with Crippen molar-refractivity contribution in [1.82, 2.24) is 14.7 Å². The van der Waals surface area contributed by atoms with Gasteiger partial charge in [0.15, 0.2) is 0 Å². The molecular weight excluding hydrogens is 294 g/mol. The molecule has 0 radical (unpaired) electrons. The molecule has 6 atom stereocenters. The van der Waals surface area contributed by atoms with E-state index in [1.165, 1.54) is 77.8 Å². The smallest absolute Gasteiger partial charge is 0.0512 e. The summed E-state index contributed by atoms with van der Waals surface area (Å²) >= 11 is 0. The molecule has 3 heteroatoms. The highest BCUT2D eigenvalue weighted by Crippen LogP contribution is 2.59. The van der Waals surface area contributed by atoms with Gasteiger partial charge in [-0.25, -0.2) is 0 Å². The first kappa shape index (κ1) is 15.0. The minimum Gasteiger partial charge on any atom is -0.299 e. The van der Waals surface area contributed by atoms with Crippen LogP contribution in [0.2, 0.25) is 0 Å². The highest BCUT2D eigenvalue weighted by atomic mass is 15.4. The first-order valence-electron chi connectivity index (χ1n) is 11.1. The molecule has 3 nitrogen and oxygen atoms in total. The van der Waals surface area contributed by atoms with Crippen molar-refractivity contribution in [2.75, 3.05) is 32.8 Å². The first-order chi connectivity index (χ1) is 11.9. The highest BCUT2D eigenvalue weighted by molar-refractivity contribution is 5.16. The van der Waals surface area contributed by atoms with E-state index in [0.29, 0.717) is 5.41 Å². The van der Waals surface area contributed by atoms with Crippen molar-refractivity contribution < 1.29 is 0 Å². The van der Waals surface area contributed by atoms with Gasteiger partial charge in [0.05, 0.1) is 6.67 Å². The molecule has 5 heterocycles. The quantitative estimate of drug-likeness (QED) is 0.676. The topological polar surface area (TPSA) is 9.72 Å². The summed E-state index contributed by atoms with van der Waals surface area (Å²) in [7, 11) is 0. The molecule has 134 valence electrons. The predicted molar refractivity (Wildman–Crippen MR) is 96.8 cm³/mol. The number of fused-ring (bicyclic) bond motifs is 4. The molecular formula is C21H35N3. The Kier molecular flexibility index (Phi) is 3.40. The first-order valence-corrected chi connectivity index (χ1v) is 11.1. The average molecular weight is 330 g/mol. The molecule has 6 aliphatic rings. The molecule has 5 saturated heterocycles. The normalized spacial score (nSPS) is 52.2. The number of hydrogen-bond donors (Lipinski definition) is 0. The third kappa shape index (κ3) is 1.95. The lowest BCUT2D eigenvalue weighted by Crippen LogP contribution is -2.77. The zero-order valence-electron chi connectivity index (χ0n) is 15.3. The Morgan fingerprint density at radius 3 is 2.50 bits per heavy atom. The summed E-state index contributed by atoms with van der Waals surface area (Å²) in [5, 5.41) is 0. The summed E-state index contributed by atoms with van der Waals surface area (Å²) in [6.45, 7) is 6.94. The Morgan fingerprint density at radius 2 is 1.54 bits per heavy atom. The van der Waals surface area contributed by atoms with E-state index < -0.39 is 0 Å². The van der Waals surface area contributed by atoms with Gasteiger partial charge >= 0.3 is 0 Å². The third-order valence-corrected chi connectivity index (χ3v) is 9.04. The fraction of sp³-hybridized carbons (Fsp3) is 1.00. The highest BCUT2D eigenvalue weighted by Gasteiger charge is 2.63. The van der Waals surface area contributed by atoms with Crippen molar-refractivity contribution in [3.8, 4) is 0 Å². The second-order valence-electron chi connectivity index (χ2n) is 10.1. The van der Waals surface area contributed by atoms with Gasteiger partial charge < -0.3 is 0 Å². The average Bonchev–Trinajstić information content (AvgIpc) is 2.62. The minimum atomic E-state index is 0.626. The molecule has 0 aromatic carbocycles. The van der Waals surface area contributed by atoms with Gasteiger partial charge in [-0.1, -0.05) is 12.8 Å². The summed E-state index contributed by atoms with van der Waals surface area (Å²) in [6, 6.07) is 2.81. The van der Waals surface area contributed by atoms with E-state index in [0.717, 1.165) is 30.0 Å². The lowest BCUT2D eigenvalue weighted by atomic mass is 9.51.